The number of epoxide rings is 1. The number of rotatable bonds is 3. The minimum atomic E-state index is 0.103. The topological polar surface area (TPSA) is 32.8 Å². The van der Waals surface area contributed by atoms with Gasteiger partial charge in [0, 0.05) is 6.42 Å². The molecule has 1 saturated heterocycles. The van der Waals surface area contributed by atoms with Crippen LogP contribution < -0.4 is 0 Å². The molecule has 1 aliphatic heterocycles. The Morgan fingerprint density at radius 1 is 1.31 bits per heavy atom. The molecule has 0 aromatic carbocycles. The first-order valence-corrected chi connectivity index (χ1v) is 5.26. The zero-order valence-electron chi connectivity index (χ0n) is 8.57. The molecule has 0 bridgehead atoms. The van der Waals surface area contributed by atoms with Crippen LogP contribution in [0.25, 0.3) is 0 Å². The maximum Gasteiger partial charge on any atom is 0.108 e. The first kappa shape index (κ1) is 9.44. The van der Waals surface area contributed by atoms with Crippen LogP contribution in [0.15, 0.2) is 0 Å². The summed E-state index contributed by atoms with van der Waals surface area (Å²) in [4.78, 5) is 0. The largest absolute Gasteiger partial charge is 0.370 e. The van der Waals surface area contributed by atoms with Gasteiger partial charge in [0.1, 0.15) is 6.54 Å². The second-order valence-corrected chi connectivity index (χ2v) is 5.03. The van der Waals surface area contributed by atoms with E-state index in [2.05, 4.69) is 0 Å². The number of hydrogen-bond donors (Lipinski definition) is 1. The Morgan fingerprint density at radius 2 is 2.08 bits per heavy atom. The molecule has 0 aromatic heterocycles. The third kappa shape index (κ3) is 2.66. The van der Waals surface area contributed by atoms with Gasteiger partial charge >= 0.3 is 0 Å². The molecule has 2 fully saturated rings. The van der Waals surface area contributed by atoms with Gasteiger partial charge in [0.25, 0.3) is 0 Å². The average molecular weight is 186 g/mol. The van der Waals surface area contributed by atoms with E-state index in [1.165, 1.54) is 19.3 Å². The normalized spacial score (nSPS) is 38.5. The first-order chi connectivity index (χ1) is 6.04. The number of nitrogens with zero attached hydrogens (tertiary/aromatic N) is 1. The van der Waals surface area contributed by atoms with Crippen molar-refractivity contribution in [2.45, 2.75) is 37.9 Å². The lowest BCUT2D eigenvalue weighted by Crippen LogP contribution is -2.37. The van der Waals surface area contributed by atoms with Crippen molar-refractivity contribution in [1.29, 1.82) is 0 Å². The molecule has 2 aliphatic rings. The van der Waals surface area contributed by atoms with Crippen LogP contribution >= 0.6 is 0 Å². The molecule has 13 heavy (non-hydrogen) atoms. The molecular formula is C10H20NO2+. The lowest BCUT2D eigenvalue weighted by atomic mass is 9.87. The summed E-state index contributed by atoms with van der Waals surface area (Å²) in [5.41, 5.74) is 0. The zero-order chi connectivity index (χ0) is 9.47. The molecule has 76 valence electrons. The molecule has 1 aliphatic carbocycles. The van der Waals surface area contributed by atoms with Gasteiger partial charge in [0.2, 0.25) is 0 Å². The molecular weight excluding hydrogens is 166 g/mol. The summed E-state index contributed by atoms with van der Waals surface area (Å²) in [7, 11) is 3.67. The van der Waals surface area contributed by atoms with Crippen molar-refractivity contribution < 1.29 is 14.6 Å². The maximum absolute atomic E-state index is 9.53. The Balaban J connectivity index is 1.70. The lowest BCUT2D eigenvalue weighted by Gasteiger charge is -2.24. The molecule has 1 N–H and O–H groups in total. The van der Waals surface area contributed by atoms with Gasteiger partial charge in [0.05, 0.1) is 26.3 Å². The maximum atomic E-state index is 9.53. The molecule has 3 unspecified atom stereocenters. The third-order valence-electron chi connectivity index (χ3n) is 3.20. The van der Waals surface area contributed by atoms with Crippen molar-refractivity contribution >= 4 is 0 Å². The highest BCUT2D eigenvalue weighted by atomic mass is 16.6. The molecule has 3 nitrogen and oxygen atoms in total. The molecule has 0 radical (unpaired) electrons. The van der Waals surface area contributed by atoms with Crippen LogP contribution in [0, 0.1) is 5.92 Å². The smallest absolute Gasteiger partial charge is 0.108 e. The van der Waals surface area contributed by atoms with E-state index in [-0.39, 0.29) is 4.65 Å². The number of ether oxygens (including phenoxy) is 1. The Kier molecular flexibility index (Phi) is 2.34. The summed E-state index contributed by atoms with van der Waals surface area (Å²) >= 11 is 0. The van der Waals surface area contributed by atoms with Gasteiger partial charge in [-0.15, -0.1) is 0 Å². The number of hydrogen-bond acceptors (Lipinski definition) is 2. The molecule has 1 saturated carbocycles. The van der Waals surface area contributed by atoms with Crippen LogP contribution in [0.5, 0.6) is 0 Å². The summed E-state index contributed by atoms with van der Waals surface area (Å²) < 4.78 is 5.58. The summed E-state index contributed by atoms with van der Waals surface area (Å²) in [6.07, 6.45) is 6.08. The highest BCUT2D eigenvalue weighted by Crippen LogP contribution is 2.40. The van der Waals surface area contributed by atoms with Crippen LogP contribution in [0.3, 0.4) is 0 Å². The van der Waals surface area contributed by atoms with Gasteiger partial charge in [0.15, 0.2) is 0 Å². The molecule has 3 atom stereocenters. The number of quaternary nitrogens is 1. The fourth-order valence-electron chi connectivity index (χ4n) is 2.25. The lowest BCUT2D eigenvalue weighted by molar-refractivity contribution is -1.07. The summed E-state index contributed by atoms with van der Waals surface area (Å²) in [5, 5.41) is 9.53. The van der Waals surface area contributed by atoms with Crippen LogP contribution in [-0.4, -0.2) is 42.7 Å². The second kappa shape index (κ2) is 3.23. The Morgan fingerprint density at radius 3 is 2.69 bits per heavy atom. The predicted molar refractivity (Wildman–Crippen MR) is 49.4 cm³/mol. The summed E-state index contributed by atoms with van der Waals surface area (Å²) in [6.45, 7) is 0.863. The van der Waals surface area contributed by atoms with E-state index >= 15 is 0 Å². The zero-order valence-corrected chi connectivity index (χ0v) is 8.57. The highest BCUT2D eigenvalue weighted by molar-refractivity contribution is 4.91. The highest BCUT2D eigenvalue weighted by Gasteiger charge is 2.43. The molecule has 1 heterocycles. The Bertz CT molecular complexity index is 188. The molecule has 0 spiro atoms. The second-order valence-electron chi connectivity index (χ2n) is 5.03. The minimum Gasteiger partial charge on any atom is -0.370 e. The standard InChI is InChI=1S/C10H20NO2/c1-11(2,12)6-5-8-3-4-9-10(7-8)13-9/h8-10,12H,3-7H2,1-2H3/q+1. The average Bonchev–Trinajstić information content (AvgIpc) is 2.76. The van der Waals surface area contributed by atoms with E-state index in [4.69, 9.17) is 4.74 Å². The fraction of sp³-hybridized carbons (Fsp3) is 1.00. The number of hydroxylamine groups is 3. The van der Waals surface area contributed by atoms with Crippen LogP contribution in [-0.2, 0) is 4.74 Å². The van der Waals surface area contributed by atoms with E-state index in [0.29, 0.717) is 12.2 Å². The minimum absolute atomic E-state index is 0.103. The van der Waals surface area contributed by atoms with Crippen molar-refractivity contribution in [2.75, 3.05) is 20.6 Å². The molecule has 0 aromatic rings. The Hall–Kier alpha value is -0.120. The van der Waals surface area contributed by atoms with Crippen molar-refractivity contribution in [3.8, 4) is 0 Å². The molecule has 3 heteroatoms. The first-order valence-electron chi connectivity index (χ1n) is 5.26. The quantitative estimate of drug-likeness (QED) is 0.410. The van der Waals surface area contributed by atoms with Crippen LogP contribution in [0.2, 0.25) is 0 Å². The predicted octanol–water partition coefficient (Wildman–Crippen LogP) is 1.41. The van der Waals surface area contributed by atoms with E-state index in [0.717, 1.165) is 18.9 Å². The number of fused-ring (bicyclic) bond motifs is 1. The van der Waals surface area contributed by atoms with Gasteiger partial charge in [-0.2, -0.15) is 4.65 Å². The van der Waals surface area contributed by atoms with Gasteiger partial charge < -0.3 is 4.74 Å². The van der Waals surface area contributed by atoms with E-state index < -0.39 is 0 Å². The van der Waals surface area contributed by atoms with E-state index in [9.17, 15) is 5.21 Å². The Labute approximate surface area is 79.8 Å². The van der Waals surface area contributed by atoms with Crippen molar-refractivity contribution in [2.24, 2.45) is 5.92 Å². The van der Waals surface area contributed by atoms with Crippen molar-refractivity contribution in [1.82, 2.24) is 0 Å². The SMILES string of the molecule is C[N+](C)(O)CCC1CCC2OC2C1. The summed E-state index contributed by atoms with van der Waals surface area (Å²) in [5.74, 6) is 0.785. The van der Waals surface area contributed by atoms with Crippen molar-refractivity contribution in [3.63, 3.8) is 0 Å². The summed E-state index contributed by atoms with van der Waals surface area (Å²) in [6, 6.07) is 0. The molecule has 2 rings (SSSR count). The van der Waals surface area contributed by atoms with Crippen LogP contribution in [0.4, 0.5) is 0 Å². The fourth-order valence-corrected chi connectivity index (χ4v) is 2.25. The van der Waals surface area contributed by atoms with E-state index in [1.807, 2.05) is 14.1 Å². The van der Waals surface area contributed by atoms with Crippen molar-refractivity contribution in [3.05, 3.63) is 0 Å². The van der Waals surface area contributed by atoms with Gasteiger partial charge in [-0.05, 0) is 25.2 Å². The monoisotopic (exact) mass is 186 g/mol. The van der Waals surface area contributed by atoms with Gasteiger partial charge in [-0.25, -0.2) is 5.21 Å². The van der Waals surface area contributed by atoms with Crippen LogP contribution in [0.1, 0.15) is 25.7 Å². The van der Waals surface area contributed by atoms with E-state index in [1.54, 1.807) is 0 Å². The van der Waals surface area contributed by atoms with Gasteiger partial charge in [-0.3, -0.25) is 0 Å². The molecule has 0 amide bonds. The third-order valence-corrected chi connectivity index (χ3v) is 3.20. The van der Waals surface area contributed by atoms with Gasteiger partial charge in [-0.1, -0.05) is 0 Å².